The van der Waals surface area contributed by atoms with Crippen LogP contribution in [0.25, 0.3) is 0 Å². The van der Waals surface area contributed by atoms with Crippen molar-refractivity contribution in [3.8, 4) is 5.75 Å². The number of hydrogen-bond acceptors (Lipinski definition) is 4. The maximum absolute atomic E-state index is 9.74. The second-order valence-corrected chi connectivity index (χ2v) is 5.59. The van der Waals surface area contributed by atoms with Gasteiger partial charge in [0.15, 0.2) is 0 Å². The molecule has 0 amide bonds. The van der Waals surface area contributed by atoms with Crippen LogP contribution in [0.4, 0.5) is 0 Å². The molecule has 0 aromatic heterocycles. The first-order valence-corrected chi connectivity index (χ1v) is 7.60. The van der Waals surface area contributed by atoms with Gasteiger partial charge in [0.25, 0.3) is 0 Å². The highest BCUT2D eigenvalue weighted by molar-refractivity contribution is 7.99. The molecule has 0 heterocycles. The fourth-order valence-electron chi connectivity index (χ4n) is 1.46. The highest BCUT2D eigenvalue weighted by Crippen LogP contribution is 2.09. The summed E-state index contributed by atoms with van der Waals surface area (Å²) in [5.41, 5.74) is 0. The molecule has 1 aromatic carbocycles. The predicted octanol–water partition coefficient (Wildman–Crippen LogP) is 2.16. The molecule has 2 atom stereocenters. The number of benzene rings is 1. The topological polar surface area (TPSA) is 41.5 Å². The van der Waals surface area contributed by atoms with Crippen LogP contribution in [0, 0.1) is 0 Å². The average molecular weight is 269 g/mol. The van der Waals surface area contributed by atoms with Gasteiger partial charge in [0.05, 0.1) is 0 Å². The zero-order valence-electron chi connectivity index (χ0n) is 11.1. The van der Waals surface area contributed by atoms with E-state index in [0.717, 1.165) is 18.7 Å². The summed E-state index contributed by atoms with van der Waals surface area (Å²) in [6.07, 6.45) is 2.77. The molecule has 1 rings (SSSR count). The Kier molecular flexibility index (Phi) is 7.89. The van der Waals surface area contributed by atoms with Crippen molar-refractivity contribution in [2.75, 3.05) is 26.0 Å². The molecule has 102 valence electrons. The quantitative estimate of drug-likeness (QED) is 0.674. The molecule has 18 heavy (non-hydrogen) atoms. The molecular weight excluding hydrogens is 246 g/mol. The molecule has 0 radical (unpaired) electrons. The molecule has 0 aliphatic carbocycles. The summed E-state index contributed by atoms with van der Waals surface area (Å²) >= 11 is 1.86. The molecular formula is C14H23NO2S. The minimum absolute atomic E-state index is 0.328. The van der Waals surface area contributed by atoms with Crippen LogP contribution in [0.3, 0.4) is 0 Å². The normalized spacial score (nSPS) is 14.2. The third-order valence-corrected chi connectivity index (χ3v) is 3.74. The Morgan fingerprint density at radius 1 is 1.33 bits per heavy atom. The van der Waals surface area contributed by atoms with Gasteiger partial charge in [-0.05, 0) is 31.4 Å². The van der Waals surface area contributed by atoms with Crippen molar-refractivity contribution in [3.63, 3.8) is 0 Å². The molecule has 1 aromatic rings. The van der Waals surface area contributed by atoms with E-state index < -0.39 is 6.10 Å². The second-order valence-electron chi connectivity index (χ2n) is 4.32. The van der Waals surface area contributed by atoms with E-state index in [2.05, 4.69) is 18.5 Å². The Labute approximate surface area is 114 Å². The Morgan fingerprint density at radius 2 is 2.06 bits per heavy atom. The zero-order chi connectivity index (χ0) is 13.2. The lowest BCUT2D eigenvalue weighted by Gasteiger charge is -2.14. The van der Waals surface area contributed by atoms with Crippen LogP contribution < -0.4 is 10.1 Å². The van der Waals surface area contributed by atoms with Crippen LogP contribution in [0.15, 0.2) is 30.3 Å². The summed E-state index contributed by atoms with van der Waals surface area (Å²) in [7, 11) is 0. The van der Waals surface area contributed by atoms with Crippen LogP contribution in [0.2, 0.25) is 0 Å². The van der Waals surface area contributed by atoms with E-state index in [0.29, 0.717) is 18.4 Å². The fourth-order valence-corrected chi connectivity index (χ4v) is 1.81. The number of aliphatic hydroxyl groups is 1. The highest BCUT2D eigenvalue weighted by Gasteiger charge is 2.05. The smallest absolute Gasteiger partial charge is 0.119 e. The molecule has 0 aliphatic rings. The van der Waals surface area contributed by atoms with Crippen LogP contribution in [-0.4, -0.2) is 42.4 Å². The number of nitrogens with one attached hydrogen (secondary N) is 1. The van der Waals surface area contributed by atoms with E-state index in [1.165, 1.54) is 0 Å². The molecule has 0 saturated carbocycles. The van der Waals surface area contributed by atoms with Gasteiger partial charge in [0.1, 0.15) is 18.5 Å². The van der Waals surface area contributed by atoms with Gasteiger partial charge in [-0.2, -0.15) is 11.8 Å². The monoisotopic (exact) mass is 269 g/mol. The summed E-state index contributed by atoms with van der Waals surface area (Å²) in [5, 5.41) is 13.6. The number of para-hydroxylation sites is 1. The number of rotatable bonds is 9. The number of ether oxygens (including phenoxy) is 1. The minimum atomic E-state index is -0.463. The van der Waals surface area contributed by atoms with Crippen molar-refractivity contribution >= 4 is 11.8 Å². The largest absolute Gasteiger partial charge is 0.491 e. The fraction of sp³-hybridized carbons (Fsp3) is 0.571. The van der Waals surface area contributed by atoms with E-state index in [-0.39, 0.29) is 0 Å². The van der Waals surface area contributed by atoms with Crippen molar-refractivity contribution in [3.05, 3.63) is 30.3 Å². The molecule has 0 saturated heterocycles. The maximum Gasteiger partial charge on any atom is 0.119 e. The van der Waals surface area contributed by atoms with Gasteiger partial charge in [0, 0.05) is 11.8 Å². The van der Waals surface area contributed by atoms with Gasteiger partial charge in [-0.25, -0.2) is 0 Å². The zero-order valence-corrected chi connectivity index (χ0v) is 12.0. The van der Waals surface area contributed by atoms with Crippen molar-refractivity contribution < 1.29 is 9.84 Å². The van der Waals surface area contributed by atoms with Gasteiger partial charge in [0.2, 0.25) is 0 Å². The van der Waals surface area contributed by atoms with E-state index >= 15 is 0 Å². The van der Waals surface area contributed by atoms with E-state index in [1.54, 1.807) is 0 Å². The van der Waals surface area contributed by atoms with Gasteiger partial charge >= 0.3 is 0 Å². The number of aliphatic hydroxyl groups excluding tert-OH is 1. The maximum atomic E-state index is 9.74. The van der Waals surface area contributed by atoms with E-state index in [9.17, 15) is 5.11 Å². The molecule has 0 aliphatic heterocycles. The SMILES string of the molecule is CSC(C)CCNCC(O)COc1ccccc1. The van der Waals surface area contributed by atoms with E-state index in [1.807, 2.05) is 42.1 Å². The second kappa shape index (κ2) is 9.25. The van der Waals surface area contributed by atoms with Crippen molar-refractivity contribution in [2.24, 2.45) is 0 Å². The lowest BCUT2D eigenvalue weighted by molar-refractivity contribution is 0.106. The Hall–Kier alpha value is -0.710. The average Bonchev–Trinajstić information content (AvgIpc) is 2.42. The van der Waals surface area contributed by atoms with Crippen LogP contribution >= 0.6 is 11.8 Å². The van der Waals surface area contributed by atoms with Crippen molar-refractivity contribution in [1.29, 1.82) is 0 Å². The summed E-state index contributed by atoms with van der Waals surface area (Å²) in [6, 6.07) is 9.56. The van der Waals surface area contributed by atoms with Gasteiger partial charge < -0.3 is 15.2 Å². The molecule has 3 nitrogen and oxygen atoms in total. The van der Waals surface area contributed by atoms with Crippen molar-refractivity contribution in [2.45, 2.75) is 24.7 Å². The van der Waals surface area contributed by atoms with Crippen molar-refractivity contribution in [1.82, 2.24) is 5.32 Å². The van der Waals surface area contributed by atoms with Crippen LogP contribution in [0.1, 0.15) is 13.3 Å². The first-order valence-electron chi connectivity index (χ1n) is 6.31. The highest BCUT2D eigenvalue weighted by atomic mass is 32.2. The third-order valence-electron chi connectivity index (χ3n) is 2.70. The van der Waals surface area contributed by atoms with Gasteiger partial charge in [-0.1, -0.05) is 25.1 Å². The molecule has 0 bridgehead atoms. The summed E-state index contributed by atoms with van der Waals surface area (Å²) < 4.78 is 5.47. The van der Waals surface area contributed by atoms with E-state index in [4.69, 9.17) is 4.74 Å². The molecule has 0 spiro atoms. The standard InChI is InChI=1S/C14H23NO2S/c1-12(18-2)8-9-15-10-13(16)11-17-14-6-4-3-5-7-14/h3-7,12-13,15-16H,8-11H2,1-2H3. The molecule has 2 unspecified atom stereocenters. The summed E-state index contributed by atoms with van der Waals surface area (Å²) in [6.45, 7) is 4.05. The van der Waals surface area contributed by atoms with Crippen LogP contribution in [0.5, 0.6) is 5.75 Å². The first-order chi connectivity index (χ1) is 8.72. The number of hydrogen-bond donors (Lipinski definition) is 2. The third kappa shape index (κ3) is 6.89. The molecule has 2 N–H and O–H groups in total. The van der Waals surface area contributed by atoms with Gasteiger partial charge in [-0.3, -0.25) is 0 Å². The first kappa shape index (κ1) is 15.3. The molecule has 4 heteroatoms. The Balaban J connectivity index is 2.05. The minimum Gasteiger partial charge on any atom is -0.491 e. The lowest BCUT2D eigenvalue weighted by atomic mass is 10.3. The van der Waals surface area contributed by atoms with Crippen LogP contribution in [-0.2, 0) is 0 Å². The predicted molar refractivity (Wildman–Crippen MR) is 78.4 cm³/mol. The number of thioether (sulfide) groups is 1. The Morgan fingerprint density at radius 3 is 2.72 bits per heavy atom. The molecule has 0 fully saturated rings. The van der Waals surface area contributed by atoms with Gasteiger partial charge in [-0.15, -0.1) is 0 Å². The lowest BCUT2D eigenvalue weighted by Crippen LogP contribution is -2.32. The Bertz CT molecular complexity index is 308. The summed E-state index contributed by atoms with van der Waals surface area (Å²) in [5.74, 6) is 0.799. The summed E-state index contributed by atoms with van der Waals surface area (Å²) in [4.78, 5) is 0.